The molecule has 12 heteroatoms. The van der Waals surface area contributed by atoms with Crippen molar-refractivity contribution in [3.8, 4) is 17.1 Å². The molecule has 1 aliphatic carbocycles. The molecule has 3 aromatic rings. The normalized spacial score (nSPS) is 17.6. The summed E-state index contributed by atoms with van der Waals surface area (Å²) < 4.78 is 47.4. The van der Waals surface area contributed by atoms with Gasteiger partial charge >= 0.3 is 11.9 Å². The van der Waals surface area contributed by atoms with Crippen LogP contribution in [0.4, 0.5) is 18.9 Å². The van der Waals surface area contributed by atoms with Gasteiger partial charge in [-0.05, 0) is 49.2 Å². The summed E-state index contributed by atoms with van der Waals surface area (Å²) >= 11 is 0. The van der Waals surface area contributed by atoms with Crippen LogP contribution in [0.2, 0.25) is 0 Å². The van der Waals surface area contributed by atoms with E-state index in [4.69, 9.17) is 4.74 Å². The van der Waals surface area contributed by atoms with Gasteiger partial charge in [0.1, 0.15) is 5.75 Å². The van der Waals surface area contributed by atoms with Crippen LogP contribution in [0.3, 0.4) is 0 Å². The van der Waals surface area contributed by atoms with Crippen LogP contribution in [0.5, 0.6) is 5.75 Å². The molecule has 1 aliphatic heterocycles. The monoisotopic (exact) mass is 529 g/mol. The highest BCUT2D eigenvalue weighted by atomic mass is 19.4. The molecule has 2 heterocycles. The highest BCUT2D eigenvalue weighted by Crippen LogP contribution is 2.37. The number of nitrogens with one attached hydrogen (secondary N) is 1. The van der Waals surface area contributed by atoms with Crippen LogP contribution in [0.1, 0.15) is 30.9 Å². The zero-order valence-corrected chi connectivity index (χ0v) is 20.6. The molecular formula is C26H26F3N5O4. The Kier molecular flexibility index (Phi) is 6.72. The summed E-state index contributed by atoms with van der Waals surface area (Å²) in [4.78, 5) is 39.8. The standard InChI is InChI=1S/C26H26F3N5O4/c1-38-21-9-7-19(8-10-21)32-15-17(14-22(32)35)24(36)30-11-12-33-25(37)34(20-5-6-20)23(31-33)16-3-2-4-18(13-16)26(27,28)29/h2-4,7-10,13,17,20H,5-6,11-12,14-15H2,1H3,(H,30,36). The Morgan fingerprint density at radius 2 is 1.87 bits per heavy atom. The molecule has 2 fully saturated rings. The van der Waals surface area contributed by atoms with Crippen LogP contribution in [0.15, 0.2) is 53.3 Å². The van der Waals surface area contributed by atoms with E-state index in [0.717, 1.165) is 29.7 Å². The van der Waals surface area contributed by atoms with E-state index >= 15 is 0 Å². The minimum Gasteiger partial charge on any atom is -0.497 e. The number of anilines is 1. The van der Waals surface area contributed by atoms with E-state index < -0.39 is 23.3 Å². The van der Waals surface area contributed by atoms with Crippen molar-refractivity contribution in [2.75, 3.05) is 25.1 Å². The first-order chi connectivity index (χ1) is 18.2. The van der Waals surface area contributed by atoms with Crippen molar-refractivity contribution in [2.24, 2.45) is 5.92 Å². The summed E-state index contributed by atoms with van der Waals surface area (Å²) in [6.07, 6.45) is -2.96. The molecular weight excluding hydrogens is 503 g/mol. The number of rotatable bonds is 8. The summed E-state index contributed by atoms with van der Waals surface area (Å²) in [5.41, 5.74) is -0.377. The number of halogens is 3. The molecule has 1 atom stereocenters. The second kappa shape index (κ2) is 9.99. The number of methoxy groups -OCH3 is 1. The lowest BCUT2D eigenvalue weighted by molar-refractivity contribution is -0.137. The van der Waals surface area contributed by atoms with Gasteiger partial charge < -0.3 is 15.0 Å². The van der Waals surface area contributed by atoms with E-state index in [9.17, 15) is 27.6 Å². The molecule has 9 nitrogen and oxygen atoms in total. The van der Waals surface area contributed by atoms with E-state index in [1.54, 1.807) is 36.3 Å². The maximum Gasteiger partial charge on any atom is 0.416 e. The largest absolute Gasteiger partial charge is 0.497 e. The van der Waals surface area contributed by atoms with Crippen LogP contribution in [0, 0.1) is 5.92 Å². The van der Waals surface area contributed by atoms with Crippen LogP contribution < -0.4 is 20.6 Å². The highest BCUT2D eigenvalue weighted by molar-refractivity contribution is 6.00. The molecule has 2 aromatic carbocycles. The average molecular weight is 530 g/mol. The van der Waals surface area contributed by atoms with Gasteiger partial charge in [0.2, 0.25) is 11.8 Å². The molecule has 0 radical (unpaired) electrons. The van der Waals surface area contributed by atoms with E-state index in [1.807, 2.05) is 0 Å². The molecule has 1 unspecified atom stereocenters. The fraction of sp³-hybridized carbons (Fsp3) is 0.385. The number of aromatic nitrogens is 3. The van der Waals surface area contributed by atoms with Crippen LogP contribution in [-0.4, -0.2) is 46.4 Å². The fourth-order valence-corrected chi connectivity index (χ4v) is 4.58. The topological polar surface area (TPSA) is 98.5 Å². The van der Waals surface area contributed by atoms with Crippen LogP contribution in [-0.2, 0) is 22.3 Å². The Bertz CT molecular complexity index is 1410. The number of carbonyl (C=O) groups excluding carboxylic acids is 2. The third-order valence-electron chi connectivity index (χ3n) is 6.73. The first-order valence-electron chi connectivity index (χ1n) is 12.2. The Hall–Kier alpha value is -4.09. The lowest BCUT2D eigenvalue weighted by Gasteiger charge is -2.17. The van der Waals surface area contributed by atoms with E-state index in [2.05, 4.69) is 10.4 Å². The summed E-state index contributed by atoms with van der Waals surface area (Å²) in [6, 6.07) is 11.6. The molecule has 5 rings (SSSR count). The number of hydrogen-bond donors (Lipinski definition) is 1. The molecule has 0 bridgehead atoms. The fourth-order valence-electron chi connectivity index (χ4n) is 4.58. The van der Waals surface area contributed by atoms with Crippen molar-refractivity contribution in [1.82, 2.24) is 19.7 Å². The van der Waals surface area contributed by atoms with Crippen molar-refractivity contribution < 1.29 is 27.5 Å². The lowest BCUT2D eigenvalue weighted by atomic mass is 10.1. The quantitative estimate of drug-likeness (QED) is 0.483. The maximum absolute atomic E-state index is 13.2. The minimum atomic E-state index is -4.52. The Morgan fingerprint density at radius 3 is 2.53 bits per heavy atom. The number of alkyl halides is 3. The molecule has 1 aromatic heterocycles. The molecule has 1 saturated carbocycles. The molecule has 1 N–H and O–H groups in total. The molecule has 2 aliphatic rings. The van der Waals surface area contributed by atoms with Crippen molar-refractivity contribution in [3.05, 3.63) is 64.6 Å². The van der Waals surface area contributed by atoms with E-state index in [-0.39, 0.29) is 55.3 Å². The molecule has 1 saturated heterocycles. The third kappa shape index (κ3) is 5.15. The first-order valence-corrected chi connectivity index (χ1v) is 12.2. The Balaban J connectivity index is 1.25. The smallest absolute Gasteiger partial charge is 0.416 e. The summed E-state index contributed by atoms with van der Waals surface area (Å²) in [5, 5.41) is 7.07. The van der Waals surface area contributed by atoms with Gasteiger partial charge in [-0.1, -0.05) is 12.1 Å². The zero-order valence-electron chi connectivity index (χ0n) is 20.6. The predicted molar refractivity (Wildman–Crippen MR) is 132 cm³/mol. The third-order valence-corrected chi connectivity index (χ3v) is 6.73. The number of nitrogens with zero attached hydrogens (tertiary/aromatic N) is 4. The van der Waals surface area contributed by atoms with Gasteiger partial charge in [-0.3, -0.25) is 14.2 Å². The van der Waals surface area contributed by atoms with Gasteiger partial charge in [-0.25, -0.2) is 9.48 Å². The maximum atomic E-state index is 13.2. The van der Waals surface area contributed by atoms with Crippen molar-refractivity contribution in [1.29, 1.82) is 0 Å². The number of carbonyl (C=O) groups is 2. The summed E-state index contributed by atoms with van der Waals surface area (Å²) in [7, 11) is 1.55. The average Bonchev–Trinajstić information content (AvgIpc) is 3.58. The molecule has 0 spiro atoms. The zero-order chi connectivity index (χ0) is 27.0. The second-order valence-corrected chi connectivity index (χ2v) is 9.40. The highest BCUT2D eigenvalue weighted by Gasteiger charge is 2.36. The lowest BCUT2D eigenvalue weighted by Crippen LogP contribution is -2.36. The Morgan fingerprint density at radius 1 is 1.13 bits per heavy atom. The van der Waals surface area contributed by atoms with E-state index in [0.29, 0.717) is 11.4 Å². The van der Waals surface area contributed by atoms with Crippen molar-refractivity contribution >= 4 is 17.5 Å². The molecule has 38 heavy (non-hydrogen) atoms. The van der Waals surface area contributed by atoms with Gasteiger partial charge in [0.25, 0.3) is 0 Å². The SMILES string of the molecule is COc1ccc(N2CC(C(=O)NCCn3nc(-c4cccc(C(F)(F)F)c4)n(C4CC4)c3=O)CC2=O)cc1. The van der Waals surface area contributed by atoms with Crippen molar-refractivity contribution in [2.45, 2.75) is 38.0 Å². The number of hydrogen-bond acceptors (Lipinski definition) is 5. The number of benzene rings is 2. The van der Waals surface area contributed by atoms with Gasteiger partial charge in [0.05, 0.1) is 25.1 Å². The Labute approximate surface area is 215 Å². The van der Waals surface area contributed by atoms with Crippen molar-refractivity contribution in [3.63, 3.8) is 0 Å². The van der Waals surface area contributed by atoms with Crippen LogP contribution >= 0.6 is 0 Å². The summed E-state index contributed by atoms with van der Waals surface area (Å²) in [5.74, 6) is -0.203. The number of ether oxygens (including phenoxy) is 1. The predicted octanol–water partition coefficient (Wildman–Crippen LogP) is 3.24. The van der Waals surface area contributed by atoms with Crippen LogP contribution in [0.25, 0.3) is 11.4 Å². The van der Waals surface area contributed by atoms with Gasteiger partial charge in [-0.15, -0.1) is 5.10 Å². The molecule has 2 amide bonds. The first kappa shape index (κ1) is 25.6. The summed E-state index contributed by atoms with van der Waals surface area (Å²) in [6.45, 7) is 0.349. The molecule has 200 valence electrons. The van der Waals surface area contributed by atoms with Gasteiger partial charge in [0.15, 0.2) is 5.82 Å². The number of amides is 2. The second-order valence-electron chi connectivity index (χ2n) is 9.40. The van der Waals surface area contributed by atoms with Gasteiger partial charge in [0, 0.05) is 36.8 Å². The van der Waals surface area contributed by atoms with Gasteiger partial charge in [-0.2, -0.15) is 13.2 Å². The van der Waals surface area contributed by atoms with E-state index in [1.165, 1.54) is 16.7 Å². The minimum absolute atomic E-state index is 0.0408.